The highest BCUT2D eigenvalue weighted by Gasteiger charge is 2.16. The van der Waals surface area contributed by atoms with Crippen molar-refractivity contribution in [2.75, 3.05) is 12.8 Å². The van der Waals surface area contributed by atoms with Gasteiger partial charge in [-0.15, -0.1) is 0 Å². The summed E-state index contributed by atoms with van der Waals surface area (Å²) >= 11 is 0. The summed E-state index contributed by atoms with van der Waals surface area (Å²) in [6, 6.07) is 7.65. The summed E-state index contributed by atoms with van der Waals surface area (Å²) in [5.74, 6) is 1.90. The van der Waals surface area contributed by atoms with Crippen LogP contribution in [0.2, 0.25) is 0 Å². The molecule has 0 aliphatic rings. The van der Waals surface area contributed by atoms with E-state index in [1.165, 1.54) is 0 Å². The van der Waals surface area contributed by atoms with Crippen LogP contribution in [-0.4, -0.2) is 12.3 Å². The van der Waals surface area contributed by atoms with Gasteiger partial charge in [-0.1, -0.05) is 24.2 Å². The first-order chi connectivity index (χ1) is 7.77. The number of anilines is 1. The molecule has 2 N–H and O–H groups in total. The van der Waals surface area contributed by atoms with Gasteiger partial charge in [-0.2, -0.15) is 0 Å². The largest absolute Gasteiger partial charge is 0.496 e. The molecule has 0 amide bonds. The monoisotopic (exact) mass is 218 g/mol. The van der Waals surface area contributed by atoms with Crippen LogP contribution in [0.1, 0.15) is 12.5 Å². The predicted molar refractivity (Wildman–Crippen MR) is 62.3 cm³/mol. The maximum absolute atomic E-state index is 5.74. The van der Waals surface area contributed by atoms with Crippen molar-refractivity contribution in [3.63, 3.8) is 0 Å². The van der Waals surface area contributed by atoms with Gasteiger partial charge in [0.2, 0.25) is 0 Å². The first-order valence-corrected chi connectivity index (χ1v) is 5.15. The first kappa shape index (κ1) is 10.5. The van der Waals surface area contributed by atoms with Crippen LogP contribution in [0.25, 0.3) is 11.3 Å². The molecule has 1 aromatic carbocycles. The highest BCUT2D eigenvalue weighted by molar-refractivity contribution is 5.71. The van der Waals surface area contributed by atoms with Crippen LogP contribution in [0, 0.1) is 0 Å². The zero-order valence-electron chi connectivity index (χ0n) is 9.36. The first-order valence-electron chi connectivity index (χ1n) is 5.15. The summed E-state index contributed by atoms with van der Waals surface area (Å²) in [5, 5.41) is 3.79. The van der Waals surface area contributed by atoms with E-state index in [0.29, 0.717) is 11.6 Å². The quantitative estimate of drug-likeness (QED) is 0.859. The van der Waals surface area contributed by atoms with E-state index in [1.807, 2.05) is 31.2 Å². The van der Waals surface area contributed by atoms with E-state index in [9.17, 15) is 0 Å². The Balaban J connectivity index is 2.58. The van der Waals surface area contributed by atoms with Crippen LogP contribution in [0.4, 0.5) is 5.82 Å². The van der Waals surface area contributed by atoms with Gasteiger partial charge in [-0.3, -0.25) is 0 Å². The second-order valence-corrected chi connectivity index (χ2v) is 3.43. The van der Waals surface area contributed by atoms with Crippen molar-refractivity contribution in [2.45, 2.75) is 13.3 Å². The summed E-state index contributed by atoms with van der Waals surface area (Å²) in [4.78, 5) is 0. The average Bonchev–Trinajstić information content (AvgIpc) is 2.70. The number of ether oxygens (including phenoxy) is 1. The topological polar surface area (TPSA) is 61.3 Å². The molecule has 1 heterocycles. The Labute approximate surface area is 94.0 Å². The summed E-state index contributed by atoms with van der Waals surface area (Å²) in [6.45, 7) is 2.02. The Morgan fingerprint density at radius 3 is 2.81 bits per heavy atom. The van der Waals surface area contributed by atoms with Crippen molar-refractivity contribution >= 4 is 5.82 Å². The molecule has 1 aromatic heterocycles. The number of para-hydroxylation sites is 1. The molecule has 0 saturated carbocycles. The van der Waals surface area contributed by atoms with Crippen molar-refractivity contribution in [2.24, 2.45) is 0 Å². The predicted octanol–water partition coefficient (Wildman–Crippen LogP) is 2.49. The van der Waals surface area contributed by atoms with Gasteiger partial charge in [0.15, 0.2) is 11.6 Å². The third-order valence-corrected chi connectivity index (χ3v) is 2.52. The maximum Gasteiger partial charge on any atom is 0.175 e. The van der Waals surface area contributed by atoms with E-state index in [4.69, 9.17) is 15.0 Å². The van der Waals surface area contributed by atoms with Gasteiger partial charge in [0.05, 0.1) is 12.7 Å². The number of nitrogen functional groups attached to an aromatic ring is 1. The van der Waals surface area contributed by atoms with Gasteiger partial charge >= 0.3 is 0 Å². The smallest absolute Gasteiger partial charge is 0.175 e. The molecule has 84 valence electrons. The Kier molecular flexibility index (Phi) is 2.81. The molecule has 0 spiro atoms. The van der Waals surface area contributed by atoms with Gasteiger partial charge in [0, 0.05) is 5.56 Å². The standard InChI is InChI=1S/C12H14N2O2/c1-3-8-11(16-14-12(8)13)9-6-4-5-7-10(9)15-2/h4-7H,3H2,1-2H3,(H2,13,14). The van der Waals surface area contributed by atoms with E-state index >= 15 is 0 Å². The van der Waals surface area contributed by atoms with Gasteiger partial charge in [-0.25, -0.2) is 0 Å². The fourth-order valence-electron chi connectivity index (χ4n) is 1.71. The van der Waals surface area contributed by atoms with Crippen molar-refractivity contribution in [3.8, 4) is 17.1 Å². The lowest BCUT2D eigenvalue weighted by atomic mass is 10.1. The molecule has 4 heteroatoms. The zero-order chi connectivity index (χ0) is 11.5. The molecule has 2 aromatic rings. The molecule has 2 rings (SSSR count). The van der Waals surface area contributed by atoms with Crippen LogP contribution in [-0.2, 0) is 6.42 Å². The molecule has 0 radical (unpaired) electrons. The van der Waals surface area contributed by atoms with Gasteiger partial charge in [0.1, 0.15) is 5.75 Å². The van der Waals surface area contributed by atoms with E-state index < -0.39 is 0 Å². The van der Waals surface area contributed by atoms with Crippen LogP contribution < -0.4 is 10.5 Å². The number of hydrogen-bond acceptors (Lipinski definition) is 4. The Bertz CT molecular complexity index is 492. The molecule has 0 aliphatic carbocycles. The van der Waals surface area contributed by atoms with Crippen LogP contribution in [0.15, 0.2) is 28.8 Å². The number of rotatable bonds is 3. The van der Waals surface area contributed by atoms with Crippen LogP contribution >= 0.6 is 0 Å². The second kappa shape index (κ2) is 4.26. The Hall–Kier alpha value is -1.97. The third kappa shape index (κ3) is 1.62. The van der Waals surface area contributed by atoms with Crippen molar-refractivity contribution in [1.82, 2.24) is 5.16 Å². The van der Waals surface area contributed by atoms with Crippen molar-refractivity contribution in [1.29, 1.82) is 0 Å². The minimum Gasteiger partial charge on any atom is -0.496 e. The summed E-state index contributed by atoms with van der Waals surface area (Å²) in [7, 11) is 1.63. The number of nitrogens with zero attached hydrogens (tertiary/aromatic N) is 1. The van der Waals surface area contributed by atoms with Gasteiger partial charge in [0.25, 0.3) is 0 Å². The SMILES string of the molecule is CCc1c(N)noc1-c1ccccc1OC. The maximum atomic E-state index is 5.74. The van der Waals surface area contributed by atoms with Crippen molar-refractivity contribution in [3.05, 3.63) is 29.8 Å². The molecular weight excluding hydrogens is 204 g/mol. The fourth-order valence-corrected chi connectivity index (χ4v) is 1.71. The minimum atomic E-state index is 0.448. The van der Waals surface area contributed by atoms with Crippen molar-refractivity contribution < 1.29 is 9.26 Å². The molecule has 0 bridgehead atoms. The van der Waals surface area contributed by atoms with Crippen LogP contribution in [0.3, 0.4) is 0 Å². The van der Waals surface area contributed by atoms with Gasteiger partial charge in [-0.05, 0) is 18.6 Å². The molecule has 0 fully saturated rings. The highest BCUT2D eigenvalue weighted by atomic mass is 16.5. The lowest BCUT2D eigenvalue weighted by Crippen LogP contribution is -1.92. The lowest BCUT2D eigenvalue weighted by molar-refractivity contribution is 0.406. The molecular formula is C12H14N2O2. The second-order valence-electron chi connectivity index (χ2n) is 3.43. The molecule has 0 atom stereocenters. The average molecular weight is 218 g/mol. The zero-order valence-corrected chi connectivity index (χ0v) is 9.36. The number of nitrogens with two attached hydrogens (primary N) is 1. The lowest BCUT2D eigenvalue weighted by Gasteiger charge is -2.05. The Morgan fingerprint density at radius 2 is 2.12 bits per heavy atom. The molecule has 4 nitrogen and oxygen atoms in total. The van der Waals surface area contributed by atoms with Gasteiger partial charge < -0.3 is 15.0 Å². The number of benzene rings is 1. The normalized spacial score (nSPS) is 10.4. The summed E-state index contributed by atoms with van der Waals surface area (Å²) in [5.41, 5.74) is 7.54. The number of methoxy groups -OCH3 is 1. The Morgan fingerprint density at radius 1 is 1.38 bits per heavy atom. The third-order valence-electron chi connectivity index (χ3n) is 2.52. The van der Waals surface area contributed by atoms with E-state index in [0.717, 1.165) is 23.3 Å². The van der Waals surface area contributed by atoms with Crippen LogP contribution in [0.5, 0.6) is 5.75 Å². The fraction of sp³-hybridized carbons (Fsp3) is 0.250. The molecule has 0 aliphatic heterocycles. The van der Waals surface area contributed by atoms with E-state index in [2.05, 4.69) is 5.16 Å². The number of hydrogen-bond donors (Lipinski definition) is 1. The van der Waals surface area contributed by atoms with E-state index in [-0.39, 0.29) is 0 Å². The highest BCUT2D eigenvalue weighted by Crippen LogP contribution is 2.34. The van der Waals surface area contributed by atoms with E-state index in [1.54, 1.807) is 7.11 Å². The molecule has 0 unspecified atom stereocenters. The molecule has 0 saturated heterocycles. The number of aromatic nitrogens is 1. The summed E-state index contributed by atoms with van der Waals surface area (Å²) < 4.78 is 10.5. The minimum absolute atomic E-state index is 0.448. The molecule has 16 heavy (non-hydrogen) atoms. The summed E-state index contributed by atoms with van der Waals surface area (Å²) in [6.07, 6.45) is 0.780.